The van der Waals surface area contributed by atoms with Crippen molar-refractivity contribution in [2.75, 3.05) is 42.2 Å². The summed E-state index contributed by atoms with van der Waals surface area (Å²) in [6.07, 6.45) is -8.99. The van der Waals surface area contributed by atoms with Crippen molar-refractivity contribution in [2.45, 2.75) is 55.8 Å². The highest BCUT2D eigenvalue weighted by molar-refractivity contribution is 5.96. The minimum atomic E-state index is -1.63. The Kier molecular flexibility index (Phi) is 11.5. The van der Waals surface area contributed by atoms with Crippen molar-refractivity contribution in [3.63, 3.8) is 0 Å². The van der Waals surface area contributed by atoms with Crippen molar-refractivity contribution in [2.24, 2.45) is 0 Å². The van der Waals surface area contributed by atoms with E-state index in [0.29, 0.717) is 34.1 Å². The highest BCUT2D eigenvalue weighted by Crippen LogP contribution is 2.36. The number of aliphatic hydroxyl groups excluding tert-OH is 4. The summed E-state index contributed by atoms with van der Waals surface area (Å²) in [5.41, 5.74) is 1.01. The minimum absolute atomic E-state index is 0.00468. The van der Waals surface area contributed by atoms with Gasteiger partial charge >= 0.3 is 0 Å². The third-order valence-corrected chi connectivity index (χ3v) is 6.85. The quantitative estimate of drug-likeness (QED) is 0.243. The van der Waals surface area contributed by atoms with E-state index in [1.165, 1.54) is 35.5 Å². The second-order valence-electron chi connectivity index (χ2n) is 9.17. The van der Waals surface area contributed by atoms with E-state index in [1.54, 1.807) is 36.4 Å². The summed E-state index contributed by atoms with van der Waals surface area (Å²) in [7, 11) is 7.44. The van der Waals surface area contributed by atoms with Crippen LogP contribution in [0.25, 0.3) is 0 Å². The zero-order chi connectivity index (χ0) is 29.4. The molecule has 0 radical (unpaired) electrons. The molecule has 1 aliphatic rings. The number of Topliss-reactive ketones (excluding diaryl/α,β-unsaturated/α-hetero) is 1. The fraction of sp³-hybridized carbons (Fsp3) is 0.536. The highest BCUT2D eigenvalue weighted by Gasteiger charge is 2.45. The van der Waals surface area contributed by atoms with Crippen molar-refractivity contribution >= 4 is 5.78 Å². The minimum Gasteiger partial charge on any atom is -0.493 e. The molecule has 7 atom stereocenters. The molecule has 3 rings (SSSR count). The lowest BCUT2D eigenvalue weighted by Gasteiger charge is -2.41. The van der Waals surface area contributed by atoms with Crippen LogP contribution in [0.15, 0.2) is 36.4 Å². The Morgan fingerprint density at radius 2 is 1.43 bits per heavy atom. The average molecular weight is 567 g/mol. The van der Waals surface area contributed by atoms with E-state index < -0.39 is 49.5 Å². The van der Waals surface area contributed by atoms with E-state index in [2.05, 4.69) is 0 Å². The van der Waals surface area contributed by atoms with E-state index >= 15 is 0 Å². The molecule has 0 amide bonds. The molecular formula is C28H38O12. The molecule has 12 heteroatoms. The fourth-order valence-electron chi connectivity index (χ4n) is 4.60. The number of carbonyl (C=O) groups is 1. The standard InChI is InChI=1S/C28H38O12/c1-34-18-9-6-15(12-21(18)36-3)17(30)8-11-20(39-28-26(33)25(32)24(31)23(14-29)40-28)27(38-5)16-7-10-19(35-2)22(13-16)37-4/h6-7,9-10,12-13,20,23-29,31-33H,8,11,14H2,1-5H3/t20-,23-,24-,25+,26-,27+,28-/m1/s1. The van der Waals surface area contributed by atoms with Gasteiger partial charge in [-0.2, -0.15) is 0 Å². The third-order valence-electron chi connectivity index (χ3n) is 6.85. The largest absolute Gasteiger partial charge is 0.493 e. The molecule has 0 aromatic heterocycles. The van der Waals surface area contributed by atoms with E-state index in [1.807, 2.05) is 0 Å². The Morgan fingerprint density at radius 1 is 0.825 bits per heavy atom. The summed E-state index contributed by atoms with van der Waals surface area (Å²) in [6.45, 7) is -0.614. The Labute approximate surface area is 232 Å². The Morgan fingerprint density at radius 3 is 2.00 bits per heavy atom. The lowest BCUT2D eigenvalue weighted by Crippen LogP contribution is -2.59. The maximum absolute atomic E-state index is 13.2. The predicted molar refractivity (Wildman–Crippen MR) is 141 cm³/mol. The monoisotopic (exact) mass is 566 g/mol. The number of aliphatic hydroxyl groups is 4. The predicted octanol–water partition coefficient (Wildman–Crippen LogP) is 1.26. The summed E-state index contributed by atoms with van der Waals surface area (Å²) in [5, 5.41) is 40.6. The molecule has 0 bridgehead atoms. The first kappa shape index (κ1) is 31.6. The molecule has 1 heterocycles. The van der Waals surface area contributed by atoms with Crippen molar-refractivity contribution in [3.8, 4) is 23.0 Å². The van der Waals surface area contributed by atoms with E-state index in [9.17, 15) is 25.2 Å². The number of rotatable bonds is 14. The molecule has 222 valence electrons. The molecule has 1 aliphatic heterocycles. The van der Waals surface area contributed by atoms with Gasteiger partial charge in [-0.1, -0.05) is 6.07 Å². The number of hydrogen-bond donors (Lipinski definition) is 4. The molecular weight excluding hydrogens is 528 g/mol. The Bertz CT molecular complexity index is 1110. The maximum Gasteiger partial charge on any atom is 0.187 e. The van der Waals surface area contributed by atoms with Crippen LogP contribution in [0.3, 0.4) is 0 Å². The molecule has 2 aromatic rings. The molecule has 12 nitrogen and oxygen atoms in total. The van der Waals surface area contributed by atoms with Crippen LogP contribution in [0.1, 0.15) is 34.9 Å². The second kappa shape index (κ2) is 14.6. The van der Waals surface area contributed by atoms with Gasteiger partial charge in [-0.05, 0) is 42.3 Å². The van der Waals surface area contributed by atoms with Gasteiger partial charge in [0.1, 0.15) is 30.5 Å². The van der Waals surface area contributed by atoms with Gasteiger partial charge in [-0.25, -0.2) is 0 Å². The van der Waals surface area contributed by atoms with E-state index in [-0.39, 0.29) is 18.6 Å². The van der Waals surface area contributed by atoms with Gasteiger partial charge in [-0.3, -0.25) is 4.79 Å². The van der Waals surface area contributed by atoms with Gasteiger partial charge in [0, 0.05) is 19.1 Å². The molecule has 2 aromatic carbocycles. The van der Waals surface area contributed by atoms with Crippen LogP contribution in [0.4, 0.5) is 0 Å². The van der Waals surface area contributed by atoms with Crippen molar-refractivity contribution in [3.05, 3.63) is 47.5 Å². The molecule has 0 spiro atoms. The van der Waals surface area contributed by atoms with Crippen LogP contribution in [0, 0.1) is 0 Å². The number of carbonyl (C=O) groups excluding carboxylic acids is 1. The normalized spacial score (nSPS) is 24.2. The van der Waals surface area contributed by atoms with E-state index in [4.69, 9.17) is 33.2 Å². The summed E-state index contributed by atoms with van der Waals surface area (Å²) < 4.78 is 38.8. The highest BCUT2D eigenvalue weighted by atomic mass is 16.7. The molecule has 0 saturated carbocycles. The molecule has 40 heavy (non-hydrogen) atoms. The van der Waals surface area contributed by atoms with Gasteiger partial charge in [0.05, 0.1) is 41.2 Å². The van der Waals surface area contributed by atoms with Crippen LogP contribution in [0.2, 0.25) is 0 Å². The summed E-state index contributed by atoms with van der Waals surface area (Å²) in [6, 6.07) is 9.98. The maximum atomic E-state index is 13.2. The van der Waals surface area contributed by atoms with Crippen LogP contribution in [-0.4, -0.2) is 105 Å². The van der Waals surface area contributed by atoms with Crippen LogP contribution >= 0.6 is 0 Å². The SMILES string of the molecule is COc1ccc(C(=O)CC[C@@H](O[C@@H]2O[C@H](CO)[C@@H](O)[C@H](O)[C@H]2O)[C@@H](OC)c2ccc(OC)c(OC)c2)cc1OC. The summed E-state index contributed by atoms with van der Waals surface area (Å²) >= 11 is 0. The number of ether oxygens (including phenoxy) is 7. The van der Waals surface area contributed by atoms with Crippen LogP contribution < -0.4 is 18.9 Å². The summed E-state index contributed by atoms with van der Waals surface area (Å²) in [5.74, 6) is 1.61. The van der Waals surface area contributed by atoms with Gasteiger partial charge in [0.25, 0.3) is 0 Å². The van der Waals surface area contributed by atoms with Gasteiger partial charge in [0.15, 0.2) is 35.1 Å². The second-order valence-corrected chi connectivity index (χ2v) is 9.17. The number of hydrogen-bond acceptors (Lipinski definition) is 12. The topological polar surface area (TPSA) is 163 Å². The zero-order valence-electron chi connectivity index (χ0n) is 23.2. The molecule has 4 N–H and O–H groups in total. The Hall–Kier alpha value is -2.97. The third kappa shape index (κ3) is 7.02. The van der Waals surface area contributed by atoms with Gasteiger partial charge in [0.2, 0.25) is 0 Å². The van der Waals surface area contributed by atoms with Gasteiger partial charge < -0.3 is 53.6 Å². The van der Waals surface area contributed by atoms with Crippen molar-refractivity contribution in [1.82, 2.24) is 0 Å². The number of benzene rings is 2. The van der Waals surface area contributed by atoms with Crippen molar-refractivity contribution in [1.29, 1.82) is 0 Å². The lowest BCUT2D eigenvalue weighted by atomic mass is 9.96. The first-order valence-electron chi connectivity index (χ1n) is 12.7. The molecule has 0 unspecified atom stereocenters. The van der Waals surface area contributed by atoms with E-state index in [0.717, 1.165) is 0 Å². The number of ketones is 1. The lowest BCUT2D eigenvalue weighted by molar-refractivity contribution is -0.318. The fourth-order valence-corrected chi connectivity index (χ4v) is 4.60. The average Bonchev–Trinajstić information content (AvgIpc) is 2.99. The first-order valence-corrected chi connectivity index (χ1v) is 12.7. The van der Waals surface area contributed by atoms with Crippen LogP contribution in [0.5, 0.6) is 23.0 Å². The summed E-state index contributed by atoms with van der Waals surface area (Å²) in [4.78, 5) is 13.2. The smallest absolute Gasteiger partial charge is 0.187 e. The first-order chi connectivity index (χ1) is 19.2. The number of methoxy groups -OCH3 is 5. The Balaban J connectivity index is 1.91. The molecule has 1 saturated heterocycles. The van der Waals surface area contributed by atoms with Gasteiger partial charge in [-0.15, -0.1) is 0 Å². The van der Waals surface area contributed by atoms with Crippen molar-refractivity contribution < 1.29 is 58.4 Å². The molecule has 0 aliphatic carbocycles. The van der Waals surface area contributed by atoms with Crippen LogP contribution in [-0.2, 0) is 14.2 Å². The molecule has 1 fully saturated rings. The zero-order valence-corrected chi connectivity index (χ0v) is 23.2.